The van der Waals surface area contributed by atoms with Gasteiger partial charge < -0.3 is 15.4 Å². The van der Waals surface area contributed by atoms with E-state index in [1.807, 2.05) is 65.6 Å². The van der Waals surface area contributed by atoms with Gasteiger partial charge in [-0.05, 0) is 45.8 Å². The molecule has 0 bridgehead atoms. The highest BCUT2D eigenvalue weighted by molar-refractivity contribution is 6.12. The lowest BCUT2D eigenvalue weighted by molar-refractivity contribution is 0.306. The lowest BCUT2D eigenvalue weighted by Crippen LogP contribution is -2.36. The van der Waals surface area contributed by atoms with Gasteiger partial charge in [-0.3, -0.25) is 5.41 Å². The number of guanidine groups is 1. The monoisotopic (exact) mass is 405 g/mol. The van der Waals surface area contributed by atoms with Crippen LogP contribution in [-0.2, 0) is 13.2 Å². The summed E-state index contributed by atoms with van der Waals surface area (Å²) >= 11 is 0. The number of rotatable bonds is 6. The van der Waals surface area contributed by atoms with Crippen LogP contribution in [0.15, 0.2) is 84.9 Å². The highest BCUT2D eigenvalue weighted by atomic mass is 16.5. The lowest BCUT2D eigenvalue weighted by Gasteiger charge is -2.25. The van der Waals surface area contributed by atoms with E-state index >= 15 is 0 Å². The van der Waals surface area contributed by atoms with Gasteiger partial charge in [-0.25, -0.2) is 0 Å². The summed E-state index contributed by atoms with van der Waals surface area (Å²) in [4.78, 5) is 1.84. The zero-order valence-corrected chi connectivity index (χ0v) is 17.1. The fourth-order valence-electron chi connectivity index (χ4n) is 4.10. The summed E-state index contributed by atoms with van der Waals surface area (Å²) < 4.78 is 5.98. The zero-order chi connectivity index (χ0) is 21.2. The molecule has 4 aromatic carbocycles. The Labute approximate surface area is 181 Å². The molecule has 0 heterocycles. The maximum absolute atomic E-state index is 8.24. The molecule has 0 saturated carbocycles. The van der Waals surface area contributed by atoms with Gasteiger partial charge in [-0.1, -0.05) is 78.9 Å². The van der Waals surface area contributed by atoms with E-state index in [0.717, 1.165) is 28.0 Å². The van der Waals surface area contributed by atoms with Crippen molar-refractivity contribution >= 4 is 34.6 Å². The van der Waals surface area contributed by atoms with Crippen LogP contribution in [0.2, 0.25) is 0 Å². The quantitative estimate of drug-likeness (QED) is 0.277. The highest BCUT2D eigenvalue weighted by Crippen LogP contribution is 2.37. The van der Waals surface area contributed by atoms with Crippen LogP contribution in [0.4, 0.5) is 5.69 Å². The van der Waals surface area contributed by atoms with Crippen LogP contribution >= 0.6 is 0 Å². The van der Waals surface area contributed by atoms with E-state index in [4.69, 9.17) is 15.9 Å². The molecule has 3 N–H and O–H groups in total. The molecule has 1 aliphatic rings. The summed E-state index contributed by atoms with van der Waals surface area (Å²) in [7, 11) is 0. The summed E-state index contributed by atoms with van der Waals surface area (Å²) in [6.07, 6.45) is 4.26. The Hall–Kier alpha value is -4.05. The normalized spacial score (nSPS) is 11.6. The minimum absolute atomic E-state index is 0.0160. The third kappa shape index (κ3) is 3.76. The molecule has 0 amide bonds. The van der Waals surface area contributed by atoms with Crippen LogP contribution in [-0.4, -0.2) is 5.96 Å². The predicted molar refractivity (Wildman–Crippen MR) is 128 cm³/mol. The van der Waals surface area contributed by atoms with Gasteiger partial charge >= 0.3 is 0 Å². The summed E-state index contributed by atoms with van der Waals surface area (Å²) in [5.41, 5.74) is 11.5. The number of nitrogens with zero attached hydrogens (tertiary/aromatic N) is 1. The fourth-order valence-corrected chi connectivity index (χ4v) is 4.10. The molecule has 5 rings (SSSR count). The van der Waals surface area contributed by atoms with Crippen molar-refractivity contribution in [1.29, 1.82) is 5.41 Å². The van der Waals surface area contributed by atoms with E-state index in [1.165, 1.54) is 16.5 Å². The fraction of sp³-hybridized carbons (Fsp3) is 0.0741. The van der Waals surface area contributed by atoms with Crippen molar-refractivity contribution < 1.29 is 4.74 Å². The maximum Gasteiger partial charge on any atom is 0.193 e. The van der Waals surface area contributed by atoms with Crippen molar-refractivity contribution in [3.63, 3.8) is 0 Å². The molecule has 0 fully saturated rings. The van der Waals surface area contributed by atoms with Crippen LogP contribution in [0.5, 0.6) is 5.75 Å². The smallest absolute Gasteiger partial charge is 0.193 e. The van der Waals surface area contributed by atoms with Gasteiger partial charge in [0.1, 0.15) is 12.4 Å². The Morgan fingerprint density at radius 3 is 2.35 bits per heavy atom. The molecule has 152 valence electrons. The Balaban J connectivity index is 1.42. The van der Waals surface area contributed by atoms with Crippen molar-refractivity contribution in [2.45, 2.75) is 13.2 Å². The molecular formula is C27H23N3O. The predicted octanol–water partition coefficient (Wildman–Crippen LogP) is 5.80. The van der Waals surface area contributed by atoms with Crippen LogP contribution in [0.3, 0.4) is 0 Å². The Morgan fingerprint density at radius 1 is 0.806 bits per heavy atom. The van der Waals surface area contributed by atoms with Crippen molar-refractivity contribution in [3.8, 4) is 5.75 Å². The summed E-state index contributed by atoms with van der Waals surface area (Å²) in [6.45, 7) is 1.01. The molecule has 4 nitrogen and oxygen atoms in total. The second kappa shape index (κ2) is 8.00. The Kier molecular flexibility index (Phi) is 4.89. The number of hydrogen-bond acceptors (Lipinski definition) is 2. The van der Waals surface area contributed by atoms with E-state index in [9.17, 15) is 0 Å². The number of benzene rings is 4. The van der Waals surface area contributed by atoms with E-state index in [-0.39, 0.29) is 5.96 Å². The Bertz CT molecular complexity index is 1280. The molecule has 4 aromatic rings. The first kappa shape index (κ1) is 18.9. The number of hydrogen-bond donors (Lipinski definition) is 2. The third-order valence-corrected chi connectivity index (χ3v) is 5.59. The summed E-state index contributed by atoms with van der Waals surface area (Å²) in [5, 5.41) is 10.6. The molecule has 0 unspecified atom stereocenters. The third-order valence-electron chi connectivity index (χ3n) is 5.59. The average Bonchev–Trinajstić information content (AvgIpc) is 3.22. The molecule has 0 saturated heterocycles. The van der Waals surface area contributed by atoms with E-state index in [2.05, 4.69) is 36.4 Å². The van der Waals surface area contributed by atoms with Gasteiger partial charge in [0.2, 0.25) is 0 Å². The van der Waals surface area contributed by atoms with Gasteiger partial charge in [-0.2, -0.15) is 0 Å². The average molecular weight is 406 g/mol. The van der Waals surface area contributed by atoms with Crippen molar-refractivity contribution in [1.82, 2.24) is 0 Å². The van der Waals surface area contributed by atoms with Gasteiger partial charge in [0.25, 0.3) is 0 Å². The molecule has 31 heavy (non-hydrogen) atoms. The van der Waals surface area contributed by atoms with Gasteiger partial charge in [0.15, 0.2) is 5.96 Å². The largest absolute Gasteiger partial charge is 0.489 e. The molecule has 4 heteroatoms. The molecule has 0 spiro atoms. The lowest BCUT2D eigenvalue weighted by atomic mass is 10.0. The van der Waals surface area contributed by atoms with Crippen LogP contribution < -0.4 is 15.4 Å². The SMILES string of the molecule is N=C(N)N(Cc1cccc(OCc2ccccc2)c1)c1ccc2c3c(cccc13)C=C2. The van der Waals surface area contributed by atoms with Gasteiger partial charge in [-0.15, -0.1) is 0 Å². The molecule has 0 radical (unpaired) electrons. The molecule has 0 atom stereocenters. The van der Waals surface area contributed by atoms with Crippen LogP contribution in [0.25, 0.3) is 22.9 Å². The number of anilines is 1. The first-order valence-electron chi connectivity index (χ1n) is 10.3. The second-order valence-electron chi connectivity index (χ2n) is 7.67. The topological polar surface area (TPSA) is 62.3 Å². The second-order valence-corrected chi connectivity index (χ2v) is 7.67. The van der Waals surface area contributed by atoms with E-state index in [1.54, 1.807) is 0 Å². The summed E-state index contributed by atoms with van der Waals surface area (Å²) in [6, 6.07) is 28.5. The first-order chi connectivity index (χ1) is 15.2. The minimum atomic E-state index is 0.0160. The maximum atomic E-state index is 8.24. The molecule has 0 aliphatic heterocycles. The highest BCUT2D eigenvalue weighted by Gasteiger charge is 2.18. The molecule has 0 aromatic heterocycles. The number of nitrogens with one attached hydrogen (secondary N) is 1. The van der Waals surface area contributed by atoms with Crippen LogP contribution in [0.1, 0.15) is 22.3 Å². The molecule has 1 aliphatic carbocycles. The minimum Gasteiger partial charge on any atom is -0.489 e. The molecular weight excluding hydrogens is 382 g/mol. The zero-order valence-electron chi connectivity index (χ0n) is 17.1. The van der Waals surface area contributed by atoms with Gasteiger partial charge in [0.05, 0.1) is 12.2 Å². The van der Waals surface area contributed by atoms with Crippen molar-refractivity contribution in [3.05, 3.63) is 107 Å². The summed E-state index contributed by atoms with van der Waals surface area (Å²) in [5.74, 6) is 0.816. The standard InChI is InChI=1S/C27H23N3O/c28-27(29)30(25-15-14-22-13-12-21-9-5-11-24(25)26(21)22)17-20-8-4-10-23(16-20)31-18-19-6-2-1-3-7-19/h1-16H,17-18H2,(H3,28,29). The van der Waals surface area contributed by atoms with Crippen molar-refractivity contribution in [2.75, 3.05) is 4.90 Å². The number of ether oxygens (including phenoxy) is 1. The first-order valence-corrected chi connectivity index (χ1v) is 10.3. The Morgan fingerprint density at radius 2 is 1.55 bits per heavy atom. The van der Waals surface area contributed by atoms with Crippen molar-refractivity contribution in [2.24, 2.45) is 5.73 Å². The van der Waals surface area contributed by atoms with E-state index in [0.29, 0.717) is 13.2 Å². The van der Waals surface area contributed by atoms with Crippen LogP contribution in [0, 0.1) is 5.41 Å². The van der Waals surface area contributed by atoms with Gasteiger partial charge in [0, 0.05) is 5.39 Å². The van der Waals surface area contributed by atoms with E-state index < -0.39 is 0 Å². The number of nitrogens with two attached hydrogens (primary N) is 1.